The molecule has 2 fully saturated rings. The fraction of sp³-hybridized carbons (Fsp3) is 0.800. The molecule has 0 radical (unpaired) electrons. The average Bonchev–Trinajstić information content (AvgIpc) is 2.67. The molecule has 0 spiro atoms. The first-order valence-corrected chi connectivity index (χ1v) is 4.63. The van der Waals surface area contributed by atoms with Crippen LogP contribution in [0, 0.1) is 12.8 Å². The molecular weight excluding hydrogens is 223 g/mol. The summed E-state index contributed by atoms with van der Waals surface area (Å²) in [6, 6.07) is 0. The zero-order valence-corrected chi connectivity index (χ0v) is 8.78. The van der Waals surface area contributed by atoms with Crippen molar-refractivity contribution in [1.29, 1.82) is 0 Å². The molecule has 2 aliphatic carbocycles. The van der Waals surface area contributed by atoms with Crippen LogP contribution < -0.4 is 0 Å². The van der Waals surface area contributed by atoms with E-state index in [0.29, 0.717) is 0 Å². The Hall–Kier alpha value is 0.623. The van der Waals surface area contributed by atoms with E-state index in [1.807, 2.05) is 0 Å². The minimum absolute atomic E-state index is 0. The summed E-state index contributed by atoms with van der Waals surface area (Å²) in [5, 5.41) is 0. The molecule has 2 saturated carbocycles. The number of rotatable bonds is 0. The Balaban J connectivity index is 0.000000167. The molecule has 0 aromatic heterocycles. The zero-order valence-electron chi connectivity index (χ0n) is 7.14. The molecule has 0 N–H and O–H groups in total. The van der Waals surface area contributed by atoms with Crippen molar-refractivity contribution in [2.24, 2.45) is 0 Å². The van der Waals surface area contributed by atoms with Crippen molar-refractivity contribution < 1.29 is 19.5 Å². The summed E-state index contributed by atoms with van der Waals surface area (Å²) in [5.74, 6) is 0. The molecule has 0 aromatic rings. The van der Waals surface area contributed by atoms with Crippen molar-refractivity contribution in [3.05, 3.63) is 12.8 Å². The molecule has 0 heterocycles. The Kier molecular flexibility index (Phi) is 9.21. The third kappa shape index (κ3) is 7.00. The first-order valence-electron chi connectivity index (χ1n) is 4.63. The van der Waals surface area contributed by atoms with Gasteiger partial charge >= 0.3 is 19.5 Å². The smallest absolute Gasteiger partial charge is 0.328 e. The Morgan fingerprint density at radius 3 is 0.909 bits per heavy atom. The van der Waals surface area contributed by atoms with Crippen molar-refractivity contribution in [3.8, 4) is 0 Å². The topological polar surface area (TPSA) is 0 Å². The van der Waals surface area contributed by atoms with Gasteiger partial charge < -0.3 is 12.8 Å². The van der Waals surface area contributed by atoms with Crippen molar-refractivity contribution >= 4 is 0 Å². The van der Waals surface area contributed by atoms with Crippen molar-refractivity contribution in [2.75, 3.05) is 0 Å². The molecule has 2 rings (SSSR count). The van der Waals surface area contributed by atoms with E-state index < -0.39 is 0 Å². The summed E-state index contributed by atoms with van der Waals surface area (Å²) in [7, 11) is 0. The average molecular weight is 241 g/mol. The van der Waals surface area contributed by atoms with Gasteiger partial charge in [0.1, 0.15) is 0 Å². The minimum atomic E-state index is 0. The van der Waals surface area contributed by atoms with Gasteiger partial charge in [0.2, 0.25) is 0 Å². The predicted octanol–water partition coefficient (Wildman–Crippen LogP) is 3.53. The second-order valence-electron chi connectivity index (χ2n) is 3.15. The van der Waals surface area contributed by atoms with Crippen LogP contribution in [0.5, 0.6) is 0 Å². The Morgan fingerprint density at radius 1 is 0.545 bits per heavy atom. The summed E-state index contributed by atoms with van der Waals surface area (Å²) in [6.45, 7) is 0. The Labute approximate surface area is 83.9 Å². The fourth-order valence-electron chi connectivity index (χ4n) is 1.44. The van der Waals surface area contributed by atoms with E-state index in [4.69, 9.17) is 0 Å². The van der Waals surface area contributed by atoms with Gasteiger partial charge in [-0.05, 0) is 0 Å². The molecule has 1 heteroatoms. The van der Waals surface area contributed by atoms with E-state index in [2.05, 4.69) is 12.8 Å². The summed E-state index contributed by atoms with van der Waals surface area (Å²) in [5.41, 5.74) is 0. The van der Waals surface area contributed by atoms with Gasteiger partial charge in [-0.1, -0.05) is 25.7 Å². The van der Waals surface area contributed by atoms with Crippen LogP contribution >= 0.6 is 0 Å². The van der Waals surface area contributed by atoms with Gasteiger partial charge in [0.25, 0.3) is 0 Å². The van der Waals surface area contributed by atoms with E-state index in [1.165, 1.54) is 51.4 Å². The van der Waals surface area contributed by atoms with E-state index in [9.17, 15) is 0 Å². The van der Waals surface area contributed by atoms with Crippen molar-refractivity contribution in [1.82, 2.24) is 0 Å². The second kappa shape index (κ2) is 8.72. The summed E-state index contributed by atoms with van der Waals surface area (Å²) >= 11 is 0. The second-order valence-corrected chi connectivity index (χ2v) is 3.15. The standard InChI is InChI=1S/2C5H9.Rh/c2*1-2-4-5-3-1;/h2*1H,2-5H2;/q2*-1;+3. The van der Waals surface area contributed by atoms with Gasteiger partial charge in [0.15, 0.2) is 0 Å². The molecule has 0 aliphatic heterocycles. The van der Waals surface area contributed by atoms with Gasteiger partial charge in [-0.25, -0.2) is 0 Å². The number of hydrogen-bond donors (Lipinski definition) is 0. The third-order valence-corrected chi connectivity index (χ3v) is 2.13. The summed E-state index contributed by atoms with van der Waals surface area (Å²) < 4.78 is 0. The number of hydrogen-bond acceptors (Lipinski definition) is 0. The van der Waals surface area contributed by atoms with Crippen molar-refractivity contribution in [3.63, 3.8) is 0 Å². The Morgan fingerprint density at radius 2 is 0.818 bits per heavy atom. The molecule has 0 unspecified atom stereocenters. The van der Waals surface area contributed by atoms with Gasteiger partial charge in [-0.3, -0.25) is 0 Å². The molecular formula is C10H18Rh+. The van der Waals surface area contributed by atoms with E-state index >= 15 is 0 Å². The van der Waals surface area contributed by atoms with E-state index in [-0.39, 0.29) is 19.5 Å². The maximum atomic E-state index is 2.36. The summed E-state index contributed by atoms with van der Waals surface area (Å²) in [4.78, 5) is 0. The molecule has 0 bridgehead atoms. The molecule has 0 atom stereocenters. The molecule has 2 aliphatic rings. The maximum absolute atomic E-state index is 2.36. The van der Waals surface area contributed by atoms with Crippen LogP contribution in [0.4, 0.5) is 0 Å². The first-order chi connectivity index (χ1) is 5.00. The van der Waals surface area contributed by atoms with E-state index in [0.717, 1.165) is 0 Å². The normalized spacial score (nSPS) is 21.8. The monoisotopic (exact) mass is 241 g/mol. The van der Waals surface area contributed by atoms with Gasteiger partial charge in [0.05, 0.1) is 0 Å². The SMILES string of the molecule is [CH-]1CCCC1.[CH-]1CCCC1.[Rh+3]. The maximum Gasteiger partial charge on any atom is 3.00 e. The van der Waals surface area contributed by atoms with Crippen LogP contribution in [0.2, 0.25) is 0 Å². The minimum Gasteiger partial charge on any atom is -0.328 e. The zero-order chi connectivity index (χ0) is 7.07. The van der Waals surface area contributed by atoms with Gasteiger partial charge in [0, 0.05) is 0 Å². The van der Waals surface area contributed by atoms with Gasteiger partial charge in [-0.2, -0.15) is 25.7 Å². The molecule has 0 amide bonds. The quantitative estimate of drug-likeness (QED) is 0.449. The van der Waals surface area contributed by atoms with Crippen LogP contribution in [0.25, 0.3) is 0 Å². The molecule has 0 nitrogen and oxygen atoms in total. The van der Waals surface area contributed by atoms with E-state index in [1.54, 1.807) is 0 Å². The molecule has 0 saturated heterocycles. The van der Waals surface area contributed by atoms with Crippen LogP contribution in [0.1, 0.15) is 51.4 Å². The fourth-order valence-corrected chi connectivity index (χ4v) is 1.44. The first kappa shape index (κ1) is 11.6. The molecule has 11 heavy (non-hydrogen) atoms. The predicted molar refractivity (Wildman–Crippen MR) is 45.5 cm³/mol. The Bertz CT molecular complexity index is 38.1. The molecule has 66 valence electrons. The van der Waals surface area contributed by atoms with Crippen LogP contribution in [-0.2, 0) is 19.5 Å². The van der Waals surface area contributed by atoms with Crippen LogP contribution in [0.15, 0.2) is 0 Å². The summed E-state index contributed by atoms with van der Waals surface area (Å²) in [6.07, 6.45) is 16.0. The van der Waals surface area contributed by atoms with Gasteiger partial charge in [-0.15, -0.1) is 0 Å². The molecule has 0 aromatic carbocycles. The van der Waals surface area contributed by atoms with Crippen LogP contribution in [0.3, 0.4) is 0 Å². The van der Waals surface area contributed by atoms with Crippen LogP contribution in [-0.4, -0.2) is 0 Å². The van der Waals surface area contributed by atoms with Crippen molar-refractivity contribution in [2.45, 2.75) is 51.4 Å². The largest absolute Gasteiger partial charge is 3.00 e. The third-order valence-electron chi connectivity index (χ3n) is 2.13.